The van der Waals surface area contributed by atoms with Crippen LogP contribution in [0.25, 0.3) is 0 Å². The average molecular weight is 680 g/mol. The number of carbonyl (C=O) groups is 2. The minimum Gasteiger partial charge on any atom is -0.453 e. The van der Waals surface area contributed by atoms with Crippen LogP contribution in [0, 0.1) is 23.4 Å². The number of hydrogen-bond donors (Lipinski definition) is 2. The number of Topliss-reactive ketones (excluding diaryl/α,β-unsaturated/α-hetero) is 1. The highest BCUT2D eigenvalue weighted by Crippen LogP contribution is 2.39. The number of carbonyl (C=O) groups excluding carboxylic acids is 2. The Kier molecular flexibility index (Phi) is 11.3. The van der Waals surface area contributed by atoms with Crippen LogP contribution < -0.4 is 10.6 Å². The number of halogens is 3. The van der Waals surface area contributed by atoms with Gasteiger partial charge in [-0.3, -0.25) is 4.79 Å². The van der Waals surface area contributed by atoms with Gasteiger partial charge in [0.05, 0.1) is 31.1 Å². The first-order valence-electron chi connectivity index (χ1n) is 16.3. The zero-order valence-corrected chi connectivity index (χ0v) is 27.8. The number of piperazine rings is 1. The maximum atomic E-state index is 15.5. The lowest BCUT2D eigenvalue weighted by Crippen LogP contribution is -2.57. The molecule has 9 nitrogen and oxygen atoms in total. The molecular weight excluding hydrogens is 635 g/mol. The topological polar surface area (TPSA) is 114 Å². The summed E-state index contributed by atoms with van der Waals surface area (Å²) in [5, 5.41) is 6.08. The van der Waals surface area contributed by atoms with Gasteiger partial charge in [0, 0.05) is 37.5 Å². The van der Waals surface area contributed by atoms with Gasteiger partial charge in [0.2, 0.25) is 10.0 Å². The third kappa shape index (κ3) is 8.36. The normalized spacial score (nSPS) is 28.5. The molecule has 2 aromatic carbocycles. The Morgan fingerprint density at radius 1 is 1.09 bits per heavy atom. The van der Waals surface area contributed by atoms with Crippen molar-refractivity contribution in [2.24, 2.45) is 5.92 Å². The smallest absolute Gasteiger partial charge is 0.407 e. The van der Waals surface area contributed by atoms with Crippen molar-refractivity contribution in [1.29, 1.82) is 0 Å². The molecule has 2 unspecified atom stereocenters. The summed E-state index contributed by atoms with van der Waals surface area (Å²) in [6.45, 7) is 4.59. The van der Waals surface area contributed by atoms with Gasteiger partial charge < -0.3 is 20.1 Å². The zero-order valence-electron chi connectivity index (χ0n) is 27.0. The lowest BCUT2D eigenvalue weighted by atomic mass is 9.72. The zero-order chi connectivity index (χ0) is 33.9. The molecule has 1 amide bonds. The average Bonchev–Trinajstić information content (AvgIpc) is 3.14. The van der Waals surface area contributed by atoms with Gasteiger partial charge in [0.15, 0.2) is 17.4 Å². The van der Waals surface area contributed by atoms with Crippen LogP contribution in [0.4, 0.5) is 18.0 Å². The van der Waals surface area contributed by atoms with Gasteiger partial charge in [0.1, 0.15) is 5.82 Å². The van der Waals surface area contributed by atoms with Crippen molar-refractivity contribution in [1.82, 2.24) is 14.9 Å². The predicted octanol–water partition coefficient (Wildman–Crippen LogP) is 4.63. The van der Waals surface area contributed by atoms with Crippen LogP contribution in [0.1, 0.15) is 68.6 Å². The molecule has 0 aliphatic carbocycles. The number of sulfonamides is 1. The van der Waals surface area contributed by atoms with E-state index in [4.69, 9.17) is 9.47 Å². The lowest BCUT2D eigenvalue weighted by molar-refractivity contribution is -0.122. The fourth-order valence-electron chi connectivity index (χ4n) is 7.65. The molecule has 0 aromatic heterocycles. The van der Waals surface area contributed by atoms with E-state index in [1.807, 2.05) is 13.8 Å². The Hall–Kier alpha value is -3.00. The Morgan fingerprint density at radius 2 is 1.79 bits per heavy atom. The molecule has 2 aromatic rings. The molecule has 3 saturated heterocycles. The summed E-state index contributed by atoms with van der Waals surface area (Å²) < 4.78 is 82.3. The minimum absolute atomic E-state index is 0.000715. The molecule has 0 spiro atoms. The van der Waals surface area contributed by atoms with Crippen molar-refractivity contribution in [2.75, 3.05) is 26.0 Å². The Bertz CT molecular complexity index is 1530. The van der Waals surface area contributed by atoms with Crippen LogP contribution in [0.5, 0.6) is 0 Å². The number of ketones is 1. The maximum absolute atomic E-state index is 15.5. The summed E-state index contributed by atoms with van der Waals surface area (Å²) >= 11 is 0. The van der Waals surface area contributed by atoms with E-state index in [9.17, 15) is 26.8 Å². The molecule has 2 N–H and O–H groups in total. The van der Waals surface area contributed by atoms with Crippen molar-refractivity contribution in [3.05, 3.63) is 70.5 Å². The van der Waals surface area contributed by atoms with Crippen LogP contribution >= 0.6 is 0 Å². The van der Waals surface area contributed by atoms with Crippen LogP contribution in [-0.4, -0.2) is 80.9 Å². The SMILES string of the molecule is COC(=O)N[C@H](C(=O)Cc1ccc(F)c(F)c1CC[C@H]1CN[C@@H]2CCCS(=O)(=O)N1C2)[C@@H](c1ccc(F)cc1)C1C[C@@H](C)O[C@@H](C)C1. The number of nitrogens with one attached hydrogen (secondary N) is 2. The molecule has 0 saturated carbocycles. The van der Waals surface area contributed by atoms with Gasteiger partial charge in [-0.25, -0.2) is 26.4 Å². The molecule has 3 fully saturated rings. The number of ether oxygens (including phenoxy) is 2. The predicted molar refractivity (Wildman–Crippen MR) is 170 cm³/mol. The quantitative estimate of drug-likeness (QED) is 0.377. The minimum atomic E-state index is -3.49. The highest BCUT2D eigenvalue weighted by molar-refractivity contribution is 7.89. The van der Waals surface area contributed by atoms with Crippen LogP contribution in [0.3, 0.4) is 0 Å². The van der Waals surface area contributed by atoms with Gasteiger partial charge >= 0.3 is 6.09 Å². The molecule has 3 aliphatic rings. The first kappa shape index (κ1) is 35.3. The van der Waals surface area contributed by atoms with Crippen molar-refractivity contribution < 1.29 is 40.7 Å². The largest absolute Gasteiger partial charge is 0.453 e. The summed E-state index contributed by atoms with van der Waals surface area (Å²) in [6.07, 6.45) is 1.25. The van der Waals surface area contributed by atoms with Crippen LogP contribution in [-0.2, 0) is 37.1 Å². The standard InChI is InChI=1S/C34H44F3N3O6S/c1-20-15-24(16-21(2)46-20)31(22-6-9-25(35)10-7-22)33(39-34(42)45-3)30(41)17-23-8-13-29(36)32(37)28(23)12-11-27-18-38-26-5-4-14-47(43,44)40(27)19-26/h6-10,13,20-21,24,26-27,31,33,38H,4-5,11-12,14-19H2,1-3H3,(H,39,42)/t20-,21+,24?,26-,27+,31+,33-/m1/s1. The molecule has 47 heavy (non-hydrogen) atoms. The van der Waals surface area contributed by atoms with Crippen LogP contribution in [0.15, 0.2) is 36.4 Å². The number of methoxy groups -OCH3 is 1. The van der Waals surface area contributed by atoms with Gasteiger partial charge in [-0.15, -0.1) is 0 Å². The van der Waals surface area contributed by atoms with E-state index >= 15 is 4.39 Å². The molecule has 13 heteroatoms. The van der Waals surface area contributed by atoms with E-state index < -0.39 is 57.4 Å². The van der Waals surface area contributed by atoms with E-state index in [2.05, 4.69) is 10.6 Å². The Labute approximate surface area is 274 Å². The molecule has 0 radical (unpaired) electrons. The number of hydrogen-bond acceptors (Lipinski definition) is 7. The van der Waals surface area contributed by atoms with Gasteiger partial charge in [0.25, 0.3) is 0 Å². The third-order valence-electron chi connectivity index (χ3n) is 9.81. The van der Waals surface area contributed by atoms with Crippen molar-refractivity contribution >= 4 is 21.9 Å². The summed E-state index contributed by atoms with van der Waals surface area (Å²) in [6, 6.07) is 6.58. The second kappa shape index (κ2) is 15.0. The summed E-state index contributed by atoms with van der Waals surface area (Å²) in [7, 11) is -2.31. The van der Waals surface area contributed by atoms with E-state index in [1.54, 1.807) is 12.1 Å². The summed E-state index contributed by atoms with van der Waals surface area (Å²) in [4.78, 5) is 26.9. The fraction of sp³-hybridized carbons (Fsp3) is 0.588. The first-order chi connectivity index (χ1) is 22.4. The summed E-state index contributed by atoms with van der Waals surface area (Å²) in [5.41, 5.74) is 0.883. The molecule has 8 atom stereocenters. The van der Waals surface area contributed by atoms with E-state index in [0.29, 0.717) is 37.9 Å². The number of nitrogens with zero attached hydrogens (tertiary/aromatic N) is 1. The Balaban J connectivity index is 1.45. The van der Waals surface area contributed by atoms with Gasteiger partial charge in [-0.2, -0.15) is 4.31 Å². The number of rotatable bonds is 10. The number of alkyl carbamates (subject to hydrolysis) is 1. The van der Waals surface area contributed by atoms with Crippen molar-refractivity contribution in [3.63, 3.8) is 0 Å². The van der Waals surface area contributed by atoms with Crippen molar-refractivity contribution in [2.45, 2.75) is 95.0 Å². The summed E-state index contributed by atoms with van der Waals surface area (Å²) in [5.74, 6) is -3.76. The highest BCUT2D eigenvalue weighted by atomic mass is 32.2. The monoisotopic (exact) mass is 679 g/mol. The molecule has 2 bridgehead atoms. The molecular formula is C34H44F3N3O6S. The first-order valence-corrected chi connectivity index (χ1v) is 17.9. The van der Waals surface area contributed by atoms with Crippen LogP contribution in [0.2, 0.25) is 0 Å². The number of fused-ring (bicyclic) bond motifs is 2. The second-order valence-electron chi connectivity index (χ2n) is 13.1. The fourth-order valence-corrected chi connectivity index (χ4v) is 9.46. The second-order valence-corrected chi connectivity index (χ2v) is 15.2. The highest BCUT2D eigenvalue weighted by Gasteiger charge is 2.41. The lowest BCUT2D eigenvalue weighted by Gasteiger charge is -2.40. The molecule has 3 heterocycles. The number of amides is 1. The van der Waals surface area contributed by atoms with Crippen molar-refractivity contribution in [3.8, 4) is 0 Å². The maximum Gasteiger partial charge on any atom is 0.407 e. The Morgan fingerprint density at radius 3 is 2.47 bits per heavy atom. The third-order valence-corrected chi connectivity index (χ3v) is 11.8. The molecule has 5 rings (SSSR count). The van der Waals surface area contributed by atoms with Gasteiger partial charge in [-0.1, -0.05) is 18.2 Å². The molecule has 258 valence electrons. The van der Waals surface area contributed by atoms with Gasteiger partial charge in [-0.05, 0) is 93.2 Å². The molecule has 3 aliphatic heterocycles. The van der Waals surface area contributed by atoms with E-state index in [-0.39, 0.29) is 60.3 Å². The number of benzene rings is 2. The van der Waals surface area contributed by atoms with E-state index in [0.717, 1.165) is 12.5 Å². The van der Waals surface area contributed by atoms with E-state index in [1.165, 1.54) is 29.6 Å².